The zero-order valence-corrected chi connectivity index (χ0v) is 20.9. The molecule has 0 unspecified atom stereocenters. The van der Waals surface area contributed by atoms with E-state index in [4.69, 9.17) is 4.74 Å². The van der Waals surface area contributed by atoms with E-state index in [0.29, 0.717) is 18.9 Å². The van der Waals surface area contributed by atoms with Crippen LogP contribution in [0.2, 0.25) is 0 Å². The maximum atomic E-state index is 12.5. The normalized spacial score (nSPS) is 15.6. The van der Waals surface area contributed by atoms with Gasteiger partial charge in [0, 0.05) is 31.0 Å². The van der Waals surface area contributed by atoms with Gasteiger partial charge in [0.25, 0.3) is 0 Å². The van der Waals surface area contributed by atoms with Gasteiger partial charge in [-0.3, -0.25) is 9.69 Å². The lowest BCUT2D eigenvalue weighted by molar-refractivity contribution is -0.126. The fraction of sp³-hybridized carbons (Fsp3) is 0.435. The topological polar surface area (TPSA) is 79.0 Å². The number of carbonyl (C=O) groups excluding carboxylic acids is 1. The Morgan fingerprint density at radius 1 is 1.09 bits per heavy atom. The van der Waals surface area contributed by atoms with Crippen molar-refractivity contribution in [3.63, 3.8) is 0 Å². The summed E-state index contributed by atoms with van der Waals surface area (Å²) < 4.78 is 32.0. The number of likely N-dealkylation sites (tertiary alicyclic amines) is 1. The highest BCUT2D eigenvalue weighted by atomic mass is 79.9. The third-order valence-electron chi connectivity index (χ3n) is 5.55. The molecule has 0 saturated carbocycles. The lowest BCUT2D eigenvalue weighted by Crippen LogP contribution is -2.41. The summed E-state index contributed by atoms with van der Waals surface area (Å²) in [6, 6.07) is 14.6. The monoisotopic (exact) mass is 523 g/mol. The Morgan fingerprint density at radius 2 is 1.72 bits per heavy atom. The fourth-order valence-corrected chi connectivity index (χ4v) is 4.77. The van der Waals surface area contributed by atoms with Crippen LogP contribution in [-0.2, 0) is 21.4 Å². The van der Waals surface area contributed by atoms with Crippen molar-refractivity contribution >= 4 is 31.9 Å². The van der Waals surface area contributed by atoms with E-state index in [-0.39, 0.29) is 16.7 Å². The van der Waals surface area contributed by atoms with Crippen LogP contribution in [0.5, 0.6) is 5.75 Å². The number of nitrogens with zero attached hydrogens (tertiary/aromatic N) is 2. The Kier molecular flexibility index (Phi) is 8.70. The van der Waals surface area contributed by atoms with Crippen LogP contribution in [0, 0.1) is 5.92 Å². The highest BCUT2D eigenvalue weighted by Crippen LogP contribution is 2.20. The molecule has 1 heterocycles. The molecule has 1 aliphatic heterocycles. The predicted molar refractivity (Wildman–Crippen MR) is 128 cm³/mol. The van der Waals surface area contributed by atoms with Gasteiger partial charge >= 0.3 is 0 Å². The van der Waals surface area contributed by atoms with E-state index in [2.05, 4.69) is 50.4 Å². The Labute approximate surface area is 198 Å². The molecule has 2 aromatic rings. The second-order valence-corrected chi connectivity index (χ2v) is 11.1. The molecule has 0 radical (unpaired) electrons. The van der Waals surface area contributed by atoms with Gasteiger partial charge < -0.3 is 10.1 Å². The first-order valence-electron chi connectivity index (χ1n) is 10.7. The number of sulfonamides is 1. The van der Waals surface area contributed by atoms with Gasteiger partial charge in [-0.25, -0.2) is 12.7 Å². The number of rotatable bonds is 9. The van der Waals surface area contributed by atoms with Crippen LogP contribution in [0.3, 0.4) is 0 Å². The number of hydrogen-bond acceptors (Lipinski definition) is 5. The molecule has 1 aliphatic rings. The number of nitrogens with one attached hydrogen (secondary N) is 1. The third kappa shape index (κ3) is 6.78. The Balaban J connectivity index is 1.35. The van der Waals surface area contributed by atoms with E-state index in [9.17, 15) is 13.2 Å². The van der Waals surface area contributed by atoms with Crippen molar-refractivity contribution in [1.82, 2.24) is 14.5 Å². The summed E-state index contributed by atoms with van der Waals surface area (Å²) in [6.45, 7) is 3.47. The minimum absolute atomic E-state index is 0.0340. The van der Waals surface area contributed by atoms with Crippen LogP contribution in [-0.4, -0.2) is 63.9 Å². The lowest BCUT2D eigenvalue weighted by Gasteiger charge is -2.31. The number of carbonyl (C=O) groups is 1. The second-order valence-electron chi connectivity index (χ2n) is 8.08. The van der Waals surface area contributed by atoms with Crippen molar-refractivity contribution in [3.05, 3.63) is 58.6 Å². The van der Waals surface area contributed by atoms with E-state index in [1.807, 2.05) is 0 Å². The third-order valence-corrected chi connectivity index (χ3v) is 7.91. The Morgan fingerprint density at radius 3 is 2.31 bits per heavy atom. The number of piperidine rings is 1. The number of benzene rings is 2. The molecule has 0 spiro atoms. The zero-order chi connectivity index (χ0) is 23.1. The van der Waals surface area contributed by atoms with Gasteiger partial charge in [0.2, 0.25) is 15.9 Å². The molecular weight excluding hydrogens is 494 g/mol. The largest absolute Gasteiger partial charge is 0.492 e. The van der Waals surface area contributed by atoms with Crippen LogP contribution in [0.15, 0.2) is 57.9 Å². The first-order chi connectivity index (χ1) is 15.3. The van der Waals surface area contributed by atoms with Crippen molar-refractivity contribution in [2.24, 2.45) is 5.92 Å². The summed E-state index contributed by atoms with van der Waals surface area (Å²) >= 11 is 3.46. The molecule has 174 valence electrons. The average Bonchev–Trinajstić information content (AvgIpc) is 2.79. The molecule has 9 heteroatoms. The smallest absolute Gasteiger partial charge is 0.242 e. The maximum Gasteiger partial charge on any atom is 0.242 e. The van der Waals surface area contributed by atoms with Crippen molar-refractivity contribution in [1.29, 1.82) is 0 Å². The molecule has 1 saturated heterocycles. The summed E-state index contributed by atoms with van der Waals surface area (Å²) in [4.78, 5) is 15.1. The molecule has 0 bridgehead atoms. The summed E-state index contributed by atoms with van der Waals surface area (Å²) in [5.41, 5.74) is 1.28. The highest BCUT2D eigenvalue weighted by molar-refractivity contribution is 9.10. The van der Waals surface area contributed by atoms with Gasteiger partial charge in [0.15, 0.2) is 0 Å². The fourth-order valence-electron chi connectivity index (χ4n) is 3.61. The minimum Gasteiger partial charge on any atom is -0.492 e. The molecule has 3 rings (SSSR count). The lowest BCUT2D eigenvalue weighted by atomic mass is 9.95. The van der Waals surface area contributed by atoms with E-state index in [0.717, 1.165) is 36.9 Å². The average molecular weight is 524 g/mol. The number of halogens is 1. The second kappa shape index (κ2) is 11.3. The van der Waals surface area contributed by atoms with Crippen molar-refractivity contribution < 1.29 is 17.9 Å². The van der Waals surface area contributed by atoms with Crippen LogP contribution in [0.4, 0.5) is 0 Å². The van der Waals surface area contributed by atoms with E-state index < -0.39 is 10.0 Å². The quantitative estimate of drug-likeness (QED) is 0.511. The van der Waals surface area contributed by atoms with Gasteiger partial charge in [-0.1, -0.05) is 28.1 Å². The molecule has 7 nitrogen and oxygen atoms in total. The number of ether oxygens (including phenoxy) is 1. The number of amides is 1. The number of hydrogen-bond donors (Lipinski definition) is 1. The summed E-state index contributed by atoms with van der Waals surface area (Å²) in [6.07, 6.45) is 1.70. The van der Waals surface area contributed by atoms with Crippen molar-refractivity contribution in [2.45, 2.75) is 24.3 Å². The SMILES string of the molecule is CN(C)S(=O)(=O)c1ccc(OCCNC(=O)C2CCN(Cc3ccc(Br)cc3)CC2)cc1. The van der Waals surface area contributed by atoms with E-state index in [1.54, 1.807) is 12.1 Å². The molecule has 1 N–H and O–H groups in total. The van der Waals surface area contributed by atoms with Gasteiger partial charge in [-0.2, -0.15) is 0 Å². The first kappa shape index (κ1) is 24.7. The van der Waals surface area contributed by atoms with Crippen molar-refractivity contribution in [3.8, 4) is 5.75 Å². The molecule has 1 amide bonds. The van der Waals surface area contributed by atoms with Gasteiger partial charge in [-0.05, 0) is 67.9 Å². The van der Waals surface area contributed by atoms with Gasteiger partial charge in [0.1, 0.15) is 12.4 Å². The van der Waals surface area contributed by atoms with Crippen LogP contribution in [0.1, 0.15) is 18.4 Å². The van der Waals surface area contributed by atoms with Crippen molar-refractivity contribution in [2.75, 3.05) is 40.3 Å². The van der Waals surface area contributed by atoms with E-state index >= 15 is 0 Å². The Bertz CT molecular complexity index is 987. The molecular formula is C23H30BrN3O4S. The molecule has 0 aliphatic carbocycles. The molecule has 0 atom stereocenters. The molecule has 0 aromatic heterocycles. The van der Waals surface area contributed by atoms with Crippen LogP contribution >= 0.6 is 15.9 Å². The predicted octanol–water partition coefficient (Wildman–Crippen LogP) is 3.11. The summed E-state index contributed by atoms with van der Waals surface area (Å²) in [7, 11) is -0.461. The molecule has 2 aromatic carbocycles. The Hall–Kier alpha value is -1.94. The first-order valence-corrected chi connectivity index (χ1v) is 12.9. The zero-order valence-electron chi connectivity index (χ0n) is 18.5. The van der Waals surface area contributed by atoms with Gasteiger partial charge in [0.05, 0.1) is 11.4 Å². The van der Waals surface area contributed by atoms with Gasteiger partial charge in [-0.15, -0.1) is 0 Å². The van der Waals surface area contributed by atoms with Crippen LogP contribution in [0.25, 0.3) is 0 Å². The minimum atomic E-state index is -3.45. The highest BCUT2D eigenvalue weighted by Gasteiger charge is 2.24. The molecule has 1 fully saturated rings. The summed E-state index contributed by atoms with van der Waals surface area (Å²) in [5.74, 6) is 0.675. The molecule has 32 heavy (non-hydrogen) atoms. The summed E-state index contributed by atoms with van der Waals surface area (Å²) in [5, 5.41) is 2.95. The van der Waals surface area contributed by atoms with E-state index in [1.165, 1.54) is 36.1 Å². The van der Waals surface area contributed by atoms with Crippen LogP contribution < -0.4 is 10.1 Å². The standard InChI is InChI=1S/C23H30BrN3O4S/c1-26(2)32(29,30)22-9-7-21(8-10-22)31-16-13-25-23(28)19-11-14-27(15-12-19)17-18-3-5-20(24)6-4-18/h3-10,19H,11-17H2,1-2H3,(H,25,28). The maximum absolute atomic E-state index is 12.5.